The minimum Gasteiger partial charge on any atom is -0.496 e. The Balaban J connectivity index is 1.47. The Labute approximate surface area is 222 Å². The topological polar surface area (TPSA) is 65.1 Å². The van der Waals surface area contributed by atoms with E-state index in [-0.39, 0.29) is 11.9 Å². The summed E-state index contributed by atoms with van der Waals surface area (Å²) in [6, 6.07) is 15.9. The fraction of sp³-hybridized carbons (Fsp3) is 0.467. The molecule has 2 aromatic carbocycles. The van der Waals surface area contributed by atoms with Crippen molar-refractivity contribution in [2.24, 2.45) is 0 Å². The van der Waals surface area contributed by atoms with E-state index in [1.54, 1.807) is 7.11 Å². The number of amides is 3. The highest BCUT2D eigenvalue weighted by Gasteiger charge is 2.22. The van der Waals surface area contributed by atoms with Crippen molar-refractivity contribution in [2.75, 3.05) is 58.2 Å². The highest BCUT2D eigenvalue weighted by molar-refractivity contribution is 5.89. The Morgan fingerprint density at radius 2 is 1.76 bits per heavy atom. The SMILES string of the molecule is CCCC(=O)N(C/C=C/c1ccccc1OC)CCN1CCN(C(=O)Nc2ccc(C(C)C)cc2)CC1. The quantitative estimate of drug-likeness (QED) is 0.449. The number of benzene rings is 2. The van der Waals surface area contributed by atoms with Gasteiger partial charge < -0.3 is 19.9 Å². The van der Waals surface area contributed by atoms with Crippen LogP contribution < -0.4 is 10.1 Å². The van der Waals surface area contributed by atoms with Crippen molar-refractivity contribution >= 4 is 23.7 Å². The number of piperazine rings is 1. The molecular formula is C30H42N4O3. The van der Waals surface area contributed by atoms with Gasteiger partial charge in [0, 0.05) is 63.5 Å². The number of rotatable bonds is 11. The van der Waals surface area contributed by atoms with Gasteiger partial charge in [-0.2, -0.15) is 0 Å². The van der Waals surface area contributed by atoms with Gasteiger partial charge in [0.2, 0.25) is 5.91 Å². The maximum absolute atomic E-state index is 12.7. The minimum atomic E-state index is -0.0572. The molecule has 0 aliphatic carbocycles. The predicted molar refractivity (Wildman–Crippen MR) is 151 cm³/mol. The lowest BCUT2D eigenvalue weighted by Crippen LogP contribution is -2.51. The minimum absolute atomic E-state index is 0.0572. The normalized spacial score (nSPS) is 14.2. The summed E-state index contributed by atoms with van der Waals surface area (Å²) in [7, 11) is 1.66. The lowest BCUT2D eigenvalue weighted by molar-refractivity contribution is -0.130. The maximum atomic E-state index is 12.7. The van der Waals surface area contributed by atoms with Crippen molar-refractivity contribution in [3.8, 4) is 5.75 Å². The third-order valence-electron chi connectivity index (χ3n) is 6.75. The number of urea groups is 1. The molecule has 7 heteroatoms. The molecule has 3 rings (SSSR count). The second kappa shape index (κ2) is 14.4. The fourth-order valence-electron chi connectivity index (χ4n) is 4.39. The molecule has 0 atom stereocenters. The van der Waals surface area contributed by atoms with Gasteiger partial charge in [-0.05, 0) is 36.1 Å². The van der Waals surface area contributed by atoms with Crippen molar-refractivity contribution < 1.29 is 14.3 Å². The van der Waals surface area contributed by atoms with Crippen molar-refractivity contribution in [1.82, 2.24) is 14.7 Å². The van der Waals surface area contributed by atoms with E-state index in [1.165, 1.54) is 5.56 Å². The third kappa shape index (κ3) is 8.64. The summed E-state index contributed by atoms with van der Waals surface area (Å²) >= 11 is 0. The Kier molecular flexibility index (Phi) is 11.0. The van der Waals surface area contributed by atoms with Crippen LogP contribution in [0.15, 0.2) is 54.6 Å². The monoisotopic (exact) mass is 506 g/mol. The van der Waals surface area contributed by atoms with E-state index in [0.29, 0.717) is 38.5 Å². The van der Waals surface area contributed by atoms with Crippen LogP contribution in [0.2, 0.25) is 0 Å². The summed E-state index contributed by atoms with van der Waals surface area (Å²) < 4.78 is 5.42. The molecule has 1 saturated heterocycles. The predicted octanol–water partition coefficient (Wildman–Crippen LogP) is 5.31. The molecule has 200 valence electrons. The summed E-state index contributed by atoms with van der Waals surface area (Å²) in [5.41, 5.74) is 3.08. The molecule has 7 nitrogen and oxygen atoms in total. The smallest absolute Gasteiger partial charge is 0.321 e. The summed E-state index contributed by atoms with van der Waals surface area (Å²) in [4.78, 5) is 31.6. The van der Waals surface area contributed by atoms with Crippen molar-refractivity contribution in [3.05, 3.63) is 65.7 Å². The number of anilines is 1. The number of carbonyl (C=O) groups excluding carboxylic acids is 2. The van der Waals surface area contributed by atoms with Crippen LogP contribution in [-0.2, 0) is 4.79 Å². The molecule has 37 heavy (non-hydrogen) atoms. The van der Waals surface area contributed by atoms with Crippen LogP contribution in [0.25, 0.3) is 6.08 Å². The zero-order chi connectivity index (χ0) is 26.6. The second-order valence-corrected chi connectivity index (χ2v) is 9.77. The maximum Gasteiger partial charge on any atom is 0.321 e. The Hall–Kier alpha value is -3.32. The highest BCUT2D eigenvalue weighted by atomic mass is 16.5. The van der Waals surface area contributed by atoms with E-state index in [2.05, 4.69) is 36.2 Å². The first-order valence-corrected chi connectivity index (χ1v) is 13.4. The Bertz CT molecular complexity index is 1030. The molecule has 0 saturated carbocycles. The molecule has 0 radical (unpaired) electrons. The molecule has 1 heterocycles. The van der Waals surface area contributed by atoms with Gasteiger partial charge in [-0.15, -0.1) is 0 Å². The van der Waals surface area contributed by atoms with Gasteiger partial charge >= 0.3 is 6.03 Å². The molecule has 0 spiro atoms. The van der Waals surface area contributed by atoms with Crippen molar-refractivity contribution in [1.29, 1.82) is 0 Å². The van der Waals surface area contributed by atoms with Crippen LogP contribution in [0, 0.1) is 0 Å². The standard InChI is InChI=1S/C30H42N4O3/c1-5-9-29(35)33(17-8-11-26-10-6-7-12-28(26)37-4)21-18-32-19-22-34(23-20-32)30(36)31-27-15-13-25(14-16-27)24(2)3/h6-8,10-16,24H,5,9,17-23H2,1-4H3,(H,31,36)/b11-8+. The van der Waals surface area contributed by atoms with Crippen molar-refractivity contribution in [3.63, 3.8) is 0 Å². The van der Waals surface area contributed by atoms with Crippen LogP contribution in [0.4, 0.5) is 10.5 Å². The van der Waals surface area contributed by atoms with Crippen LogP contribution in [-0.4, -0.2) is 79.6 Å². The van der Waals surface area contributed by atoms with Gasteiger partial charge in [0.25, 0.3) is 0 Å². The van der Waals surface area contributed by atoms with E-state index in [1.807, 2.05) is 65.3 Å². The number of hydrogen-bond acceptors (Lipinski definition) is 4. The number of hydrogen-bond donors (Lipinski definition) is 1. The largest absolute Gasteiger partial charge is 0.496 e. The average Bonchev–Trinajstić information content (AvgIpc) is 2.91. The molecule has 1 aliphatic rings. The van der Waals surface area contributed by atoms with Gasteiger partial charge in [0.15, 0.2) is 0 Å². The number of carbonyl (C=O) groups is 2. The van der Waals surface area contributed by atoms with E-state index in [0.717, 1.165) is 43.1 Å². The summed E-state index contributed by atoms with van der Waals surface area (Å²) in [6.07, 6.45) is 5.42. The number of ether oxygens (including phenoxy) is 1. The third-order valence-corrected chi connectivity index (χ3v) is 6.75. The summed E-state index contributed by atoms with van der Waals surface area (Å²) in [5, 5.41) is 3.02. The molecule has 0 unspecified atom stereocenters. The van der Waals surface area contributed by atoms with Gasteiger partial charge in [-0.3, -0.25) is 9.69 Å². The molecular weight excluding hydrogens is 464 g/mol. The Morgan fingerprint density at radius 3 is 2.41 bits per heavy atom. The van der Waals surface area contributed by atoms with Gasteiger partial charge in [0.1, 0.15) is 5.75 Å². The van der Waals surface area contributed by atoms with E-state index < -0.39 is 0 Å². The lowest BCUT2D eigenvalue weighted by Gasteiger charge is -2.35. The van der Waals surface area contributed by atoms with Gasteiger partial charge in [-0.1, -0.05) is 63.3 Å². The molecule has 3 amide bonds. The van der Waals surface area contributed by atoms with Gasteiger partial charge in [-0.25, -0.2) is 4.79 Å². The number of para-hydroxylation sites is 1. The average molecular weight is 507 g/mol. The first-order chi connectivity index (χ1) is 17.9. The fourth-order valence-corrected chi connectivity index (χ4v) is 4.39. The lowest BCUT2D eigenvalue weighted by atomic mass is 10.0. The van der Waals surface area contributed by atoms with E-state index in [4.69, 9.17) is 4.74 Å². The zero-order valence-electron chi connectivity index (χ0n) is 22.8. The second-order valence-electron chi connectivity index (χ2n) is 9.77. The van der Waals surface area contributed by atoms with E-state index in [9.17, 15) is 9.59 Å². The molecule has 1 N–H and O–H groups in total. The summed E-state index contributed by atoms with van der Waals surface area (Å²) in [6.45, 7) is 11.3. The first-order valence-electron chi connectivity index (χ1n) is 13.4. The zero-order valence-corrected chi connectivity index (χ0v) is 22.8. The summed E-state index contributed by atoms with van der Waals surface area (Å²) in [5.74, 6) is 1.46. The Morgan fingerprint density at radius 1 is 1.05 bits per heavy atom. The number of nitrogens with zero attached hydrogens (tertiary/aromatic N) is 3. The van der Waals surface area contributed by atoms with Crippen molar-refractivity contribution in [2.45, 2.75) is 39.5 Å². The molecule has 1 fully saturated rings. The van der Waals surface area contributed by atoms with E-state index >= 15 is 0 Å². The molecule has 0 bridgehead atoms. The molecule has 0 aromatic heterocycles. The van der Waals surface area contributed by atoms with Crippen LogP contribution in [0.5, 0.6) is 5.75 Å². The van der Waals surface area contributed by atoms with Gasteiger partial charge in [0.05, 0.1) is 7.11 Å². The first kappa shape index (κ1) is 28.3. The van der Waals surface area contributed by atoms with Crippen LogP contribution in [0.3, 0.4) is 0 Å². The highest BCUT2D eigenvalue weighted by Crippen LogP contribution is 2.19. The van der Waals surface area contributed by atoms with Crippen LogP contribution >= 0.6 is 0 Å². The number of nitrogens with one attached hydrogen (secondary N) is 1. The number of methoxy groups -OCH3 is 1. The molecule has 2 aromatic rings. The molecule has 1 aliphatic heterocycles. The van der Waals surface area contributed by atoms with Crippen LogP contribution in [0.1, 0.15) is 50.7 Å².